The number of benzene rings is 1. The maximum atomic E-state index is 5.73. The highest BCUT2D eigenvalue weighted by atomic mass is 16.5. The smallest absolute Gasteiger partial charge is 0.158 e. The van der Waals surface area contributed by atoms with E-state index >= 15 is 0 Å². The van der Waals surface area contributed by atoms with Crippen molar-refractivity contribution in [3.63, 3.8) is 0 Å². The number of rotatable bonds is 2. The van der Waals surface area contributed by atoms with Crippen molar-refractivity contribution in [1.82, 2.24) is 14.6 Å². The summed E-state index contributed by atoms with van der Waals surface area (Å²) >= 11 is 0. The summed E-state index contributed by atoms with van der Waals surface area (Å²) in [5, 5.41) is 4.03. The molecule has 0 aliphatic heterocycles. The third-order valence-electron chi connectivity index (χ3n) is 2.51. The number of aryl methyl sites for hydroxylation is 1. The second-order valence-electron chi connectivity index (χ2n) is 3.84. The summed E-state index contributed by atoms with van der Waals surface area (Å²) in [5.41, 5.74) is 1.99. The first kappa shape index (κ1) is 9.84. The Bertz CT molecular complexity index is 643. The van der Waals surface area contributed by atoms with Gasteiger partial charge in [-0.2, -0.15) is 5.10 Å². The van der Waals surface area contributed by atoms with Gasteiger partial charge in [0.05, 0.1) is 0 Å². The lowest BCUT2D eigenvalue weighted by Gasteiger charge is -2.05. The maximum Gasteiger partial charge on any atom is 0.158 e. The molecule has 4 nitrogen and oxygen atoms in total. The summed E-state index contributed by atoms with van der Waals surface area (Å²) in [6.45, 7) is 2.05. The zero-order valence-corrected chi connectivity index (χ0v) is 9.37. The topological polar surface area (TPSA) is 39.4 Å². The largest absolute Gasteiger partial charge is 0.457 e. The van der Waals surface area contributed by atoms with Gasteiger partial charge in [0.25, 0.3) is 0 Å². The van der Waals surface area contributed by atoms with Crippen molar-refractivity contribution in [1.29, 1.82) is 0 Å². The highest BCUT2D eigenvalue weighted by molar-refractivity contribution is 5.44. The Morgan fingerprint density at radius 3 is 2.71 bits per heavy atom. The molecule has 2 aromatic heterocycles. The predicted molar refractivity (Wildman–Crippen MR) is 64.2 cm³/mol. The van der Waals surface area contributed by atoms with Crippen molar-refractivity contribution in [2.24, 2.45) is 0 Å². The van der Waals surface area contributed by atoms with Crippen LogP contribution in [-0.2, 0) is 0 Å². The highest BCUT2D eigenvalue weighted by Gasteiger charge is 2.00. The molecule has 0 bridgehead atoms. The maximum absolute atomic E-state index is 5.73. The zero-order chi connectivity index (χ0) is 11.7. The normalized spacial score (nSPS) is 10.6. The Hall–Kier alpha value is -2.36. The lowest BCUT2D eigenvalue weighted by Crippen LogP contribution is -1.89. The van der Waals surface area contributed by atoms with Gasteiger partial charge in [-0.25, -0.2) is 9.50 Å². The molecule has 84 valence electrons. The molecule has 1 aromatic carbocycles. The summed E-state index contributed by atoms with van der Waals surface area (Å²) < 4.78 is 7.43. The third kappa shape index (κ3) is 1.97. The van der Waals surface area contributed by atoms with E-state index in [2.05, 4.69) is 10.1 Å². The van der Waals surface area contributed by atoms with Crippen LogP contribution < -0.4 is 4.74 Å². The number of fused-ring (bicyclic) bond motifs is 1. The van der Waals surface area contributed by atoms with Crippen LogP contribution in [0.1, 0.15) is 5.56 Å². The quantitative estimate of drug-likeness (QED) is 0.673. The van der Waals surface area contributed by atoms with E-state index in [1.807, 2.05) is 49.5 Å². The SMILES string of the molecule is Cc1ccc(Oc2ccn3ncnc3c2)cc1. The molecule has 0 saturated carbocycles. The van der Waals surface area contributed by atoms with Crippen LogP contribution in [0.3, 0.4) is 0 Å². The number of pyridine rings is 1. The minimum Gasteiger partial charge on any atom is -0.457 e. The van der Waals surface area contributed by atoms with Crippen molar-refractivity contribution in [3.05, 3.63) is 54.5 Å². The van der Waals surface area contributed by atoms with Gasteiger partial charge >= 0.3 is 0 Å². The number of hydrogen-bond donors (Lipinski definition) is 0. The Labute approximate surface area is 98.5 Å². The van der Waals surface area contributed by atoms with Crippen LogP contribution in [0.15, 0.2) is 48.9 Å². The van der Waals surface area contributed by atoms with E-state index in [0.717, 1.165) is 17.1 Å². The van der Waals surface area contributed by atoms with Crippen LogP contribution in [0.25, 0.3) is 5.65 Å². The molecule has 0 aliphatic carbocycles. The standard InChI is InChI=1S/C13H11N3O/c1-10-2-4-11(5-3-10)17-12-6-7-16-13(8-12)14-9-15-16/h2-9H,1H3. The van der Waals surface area contributed by atoms with Gasteiger partial charge in [-0.05, 0) is 25.1 Å². The van der Waals surface area contributed by atoms with Gasteiger partial charge in [-0.15, -0.1) is 0 Å². The Morgan fingerprint density at radius 1 is 1.06 bits per heavy atom. The molecule has 0 spiro atoms. The van der Waals surface area contributed by atoms with Crippen molar-refractivity contribution in [3.8, 4) is 11.5 Å². The Morgan fingerprint density at radius 2 is 1.88 bits per heavy atom. The first-order chi connectivity index (χ1) is 8.31. The number of nitrogens with zero attached hydrogens (tertiary/aromatic N) is 3. The van der Waals surface area contributed by atoms with E-state index in [-0.39, 0.29) is 0 Å². The summed E-state index contributed by atoms with van der Waals surface area (Å²) in [4.78, 5) is 4.11. The van der Waals surface area contributed by atoms with Crippen molar-refractivity contribution in [2.75, 3.05) is 0 Å². The molecule has 2 heterocycles. The molecule has 0 unspecified atom stereocenters. The van der Waals surface area contributed by atoms with Gasteiger partial charge in [0, 0.05) is 12.3 Å². The molecule has 0 atom stereocenters. The first-order valence-corrected chi connectivity index (χ1v) is 5.35. The number of ether oxygens (including phenoxy) is 1. The van der Waals surface area contributed by atoms with E-state index in [1.165, 1.54) is 11.9 Å². The lowest BCUT2D eigenvalue weighted by molar-refractivity contribution is 0.482. The average Bonchev–Trinajstić information content (AvgIpc) is 2.79. The lowest BCUT2D eigenvalue weighted by atomic mass is 10.2. The zero-order valence-electron chi connectivity index (χ0n) is 9.37. The molecule has 0 radical (unpaired) electrons. The first-order valence-electron chi connectivity index (χ1n) is 5.35. The van der Waals surface area contributed by atoms with Gasteiger partial charge in [-0.3, -0.25) is 0 Å². The second kappa shape index (κ2) is 3.90. The molecule has 0 saturated heterocycles. The minimum absolute atomic E-state index is 0.759. The fourth-order valence-corrected chi connectivity index (χ4v) is 1.60. The fraction of sp³-hybridized carbons (Fsp3) is 0.0769. The molecule has 3 rings (SSSR count). The van der Waals surface area contributed by atoms with Crippen LogP contribution in [0.5, 0.6) is 11.5 Å². The summed E-state index contributed by atoms with van der Waals surface area (Å²) in [7, 11) is 0. The molecular weight excluding hydrogens is 214 g/mol. The molecular formula is C13H11N3O. The van der Waals surface area contributed by atoms with E-state index in [1.54, 1.807) is 4.52 Å². The van der Waals surface area contributed by atoms with E-state index in [0.29, 0.717) is 0 Å². The van der Waals surface area contributed by atoms with E-state index in [9.17, 15) is 0 Å². The van der Waals surface area contributed by atoms with Gasteiger partial charge in [0.1, 0.15) is 17.8 Å². The summed E-state index contributed by atoms with van der Waals surface area (Å²) in [6, 6.07) is 11.6. The van der Waals surface area contributed by atoms with Gasteiger partial charge < -0.3 is 4.74 Å². The Balaban J connectivity index is 1.91. The van der Waals surface area contributed by atoms with Crippen LogP contribution in [0, 0.1) is 6.92 Å². The minimum atomic E-state index is 0.759. The molecule has 4 heteroatoms. The summed E-state index contributed by atoms with van der Waals surface area (Å²) in [5.74, 6) is 1.58. The van der Waals surface area contributed by atoms with Crippen molar-refractivity contribution < 1.29 is 4.74 Å². The second-order valence-corrected chi connectivity index (χ2v) is 3.84. The van der Waals surface area contributed by atoms with Crippen LogP contribution in [-0.4, -0.2) is 14.6 Å². The monoisotopic (exact) mass is 225 g/mol. The molecule has 0 amide bonds. The Kier molecular flexibility index (Phi) is 2.26. The van der Waals surface area contributed by atoms with E-state index in [4.69, 9.17) is 4.74 Å². The van der Waals surface area contributed by atoms with Gasteiger partial charge in [0.2, 0.25) is 0 Å². The number of hydrogen-bond acceptors (Lipinski definition) is 3. The molecule has 17 heavy (non-hydrogen) atoms. The van der Waals surface area contributed by atoms with Gasteiger partial charge in [-0.1, -0.05) is 17.7 Å². The molecule has 0 N–H and O–H groups in total. The molecule has 0 fully saturated rings. The fourth-order valence-electron chi connectivity index (χ4n) is 1.60. The van der Waals surface area contributed by atoms with Crippen LogP contribution in [0.2, 0.25) is 0 Å². The van der Waals surface area contributed by atoms with Crippen LogP contribution >= 0.6 is 0 Å². The predicted octanol–water partition coefficient (Wildman–Crippen LogP) is 2.83. The summed E-state index contributed by atoms with van der Waals surface area (Å²) in [6.07, 6.45) is 3.34. The number of aromatic nitrogens is 3. The van der Waals surface area contributed by atoms with Crippen LogP contribution in [0.4, 0.5) is 0 Å². The van der Waals surface area contributed by atoms with Gasteiger partial charge in [0.15, 0.2) is 5.65 Å². The van der Waals surface area contributed by atoms with E-state index < -0.39 is 0 Å². The third-order valence-corrected chi connectivity index (χ3v) is 2.51. The average molecular weight is 225 g/mol. The van der Waals surface area contributed by atoms with Crippen molar-refractivity contribution >= 4 is 5.65 Å². The highest BCUT2D eigenvalue weighted by Crippen LogP contribution is 2.21. The molecule has 3 aromatic rings. The molecule has 0 aliphatic rings. The van der Waals surface area contributed by atoms with Crippen molar-refractivity contribution in [2.45, 2.75) is 6.92 Å².